The van der Waals surface area contributed by atoms with Crippen molar-refractivity contribution in [3.8, 4) is 5.88 Å². The van der Waals surface area contributed by atoms with Crippen LogP contribution >= 0.6 is 11.6 Å². The molecule has 3 aromatic rings. The molecule has 0 bridgehead atoms. The Morgan fingerprint density at radius 3 is 2.65 bits per heavy atom. The lowest BCUT2D eigenvalue weighted by Crippen LogP contribution is -2.19. The number of hydrogen-bond acceptors (Lipinski definition) is 5. The molecule has 0 spiro atoms. The molecular weight excluding hydrogens is 354 g/mol. The maximum absolute atomic E-state index is 12.0. The number of hydrogen-bond donors (Lipinski definition) is 1. The molecule has 132 valence electrons. The number of nitrogens with zero attached hydrogens (tertiary/aromatic N) is 4. The average molecular weight is 370 g/mol. The normalized spacial score (nSPS) is 10.8. The Labute approximate surface area is 155 Å². The number of benzene rings is 2. The van der Waals surface area contributed by atoms with Crippen molar-refractivity contribution < 1.29 is 9.53 Å². The average Bonchev–Trinajstić information content (AvgIpc) is 3.09. The molecule has 8 heteroatoms. The number of nitrogens with one attached hydrogen (secondary N) is 1. The van der Waals surface area contributed by atoms with E-state index in [1.807, 2.05) is 42.5 Å². The van der Waals surface area contributed by atoms with Crippen LogP contribution in [0.25, 0.3) is 0 Å². The molecule has 0 aliphatic heterocycles. The topological polar surface area (TPSA) is 81.4 Å². The predicted molar refractivity (Wildman–Crippen MR) is 98.6 cm³/mol. The molecule has 0 aliphatic rings. The fourth-order valence-electron chi connectivity index (χ4n) is 2.12. The summed E-state index contributed by atoms with van der Waals surface area (Å²) in [6.07, 6.45) is 1.58. The van der Waals surface area contributed by atoms with Crippen LogP contribution in [0.1, 0.15) is 21.6 Å². The van der Waals surface area contributed by atoms with Gasteiger partial charge in [0, 0.05) is 12.1 Å². The number of amides is 1. The van der Waals surface area contributed by atoms with Crippen LogP contribution in [-0.4, -0.2) is 34.3 Å². The molecule has 1 heterocycles. The van der Waals surface area contributed by atoms with E-state index in [0.717, 1.165) is 11.1 Å². The smallest absolute Gasteiger partial charge is 0.277 e. The number of rotatable bonds is 6. The van der Waals surface area contributed by atoms with Gasteiger partial charge in [-0.25, -0.2) is 0 Å². The third kappa shape index (κ3) is 4.25. The van der Waals surface area contributed by atoms with Gasteiger partial charge < -0.3 is 10.1 Å². The Morgan fingerprint density at radius 2 is 1.96 bits per heavy atom. The molecule has 0 unspecified atom stereocenters. The van der Waals surface area contributed by atoms with Crippen molar-refractivity contribution in [3.63, 3.8) is 0 Å². The molecule has 2 aromatic carbocycles. The molecule has 3 rings (SSSR count). The minimum absolute atomic E-state index is 0.0664. The molecule has 1 amide bonds. The zero-order valence-corrected chi connectivity index (χ0v) is 14.7. The van der Waals surface area contributed by atoms with Gasteiger partial charge in [0.05, 0.1) is 6.21 Å². The summed E-state index contributed by atoms with van der Waals surface area (Å²) in [5.41, 5.74) is 1.84. The van der Waals surface area contributed by atoms with E-state index in [1.165, 1.54) is 11.8 Å². The van der Waals surface area contributed by atoms with Crippen molar-refractivity contribution in [1.29, 1.82) is 0 Å². The molecule has 1 aromatic heterocycles. The van der Waals surface area contributed by atoms with Gasteiger partial charge in [-0.05, 0) is 28.5 Å². The molecular formula is C18H16ClN5O2. The van der Waals surface area contributed by atoms with E-state index in [2.05, 4.69) is 20.7 Å². The van der Waals surface area contributed by atoms with Crippen LogP contribution in [0.5, 0.6) is 5.88 Å². The summed E-state index contributed by atoms with van der Waals surface area (Å²) in [5.74, 6) is -0.237. The van der Waals surface area contributed by atoms with Gasteiger partial charge in [0.1, 0.15) is 6.61 Å². The summed E-state index contributed by atoms with van der Waals surface area (Å²) >= 11 is 5.87. The third-order valence-electron chi connectivity index (χ3n) is 3.46. The quantitative estimate of drug-likeness (QED) is 0.677. The largest absolute Gasteiger partial charge is 0.470 e. The lowest BCUT2D eigenvalue weighted by molar-refractivity contribution is 0.0953. The molecule has 26 heavy (non-hydrogen) atoms. The van der Waals surface area contributed by atoms with Gasteiger partial charge in [-0.1, -0.05) is 58.9 Å². The number of carbonyl (C=O) groups excluding carboxylic acids is 1. The number of ether oxygens (including phenoxy) is 1. The zero-order chi connectivity index (χ0) is 18.4. The van der Waals surface area contributed by atoms with Gasteiger partial charge in [0.15, 0.2) is 0 Å². The summed E-state index contributed by atoms with van der Waals surface area (Å²) < 4.78 is 5.77. The fourth-order valence-corrected chi connectivity index (χ4v) is 2.25. The maximum atomic E-state index is 12.0. The summed E-state index contributed by atoms with van der Waals surface area (Å²) in [7, 11) is 1.51. The number of aromatic nitrogens is 3. The summed E-state index contributed by atoms with van der Waals surface area (Å²) in [6, 6.07) is 16.7. The molecule has 0 atom stereocenters. The zero-order valence-electron chi connectivity index (χ0n) is 14.0. The Bertz CT molecular complexity index is 907. The van der Waals surface area contributed by atoms with Gasteiger partial charge in [0.25, 0.3) is 11.8 Å². The van der Waals surface area contributed by atoms with Crippen LogP contribution in [0.15, 0.2) is 59.7 Å². The van der Waals surface area contributed by atoms with Gasteiger partial charge in [-0.15, -0.1) is 5.10 Å². The fraction of sp³-hybridized carbons (Fsp3) is 0.111. The van der Waals surface area contributed by atoms with E-state index in [9.17, 15) is 4.79 Å². The second kappa shape index (κ2) is 8.26. The molecule has 7 nitrogen and oxygen atoms in total. The summed E-state index contributed by atoms with van der Waals surface area (Å²) in [6.45, 7) is 0.259. The monoisotopic (exact) mass is 369 g/mol. The van der Waals surface area contributed by atoms with Crippen molar-refractivity contribution in [3.05, 3.63) is 76.4 Å². The highest BCUT2D eigenvalue weighted by atomic mass is 35.5. The number of halogens is 1. The Kier molecular flexibility index (Phi) is 5.60. The molecule has 0 radical (unpaired) electrons. The first kappa shape index (κ1) is 17.6. The highest BCUT2D eigenvalue weighted by molar-refractivity contribution is 6.30. The van der Waals surface area contributed by atoms with E-state index in [-0.39, 0.29) is 18.2 Å². The van der Waals surface area contributed by atoms with Crippen molar-refractivity contribution in [2.24, 2.45) is 5.10 Å². The van der Waals surface area contributed by atoms with Crippen molar-refractivity contribution >= 4 is 23.7 Å². The van der Waals surface area contributed by atoms with Crippen LogP contribution in [0.3, 0.4) is 0 Å². The van der Waals surface area contributed by atoms with Gasteiger partial charge in [0.2, 0.25) is 5.69 Å². The second-order valence-corrected chi connectivity index (χ2v) is 5.72. The van der Waals surface area contributed by atoms with E-state index >= 15 is 0 Å². The first-order valence-corrected chi connectivity index (χ1v) is 8.19. The molecule has 1 N–H and O–H groups in total. The maximum Gasteiger partial charge on any atom is 0.277 e. The standard InChI is InChI=1S/C18H16ClN5O2/c1-20-17(25)16-18(26-12-14-5-3-2-4-6-14)24(23-22-16)21-11-13-7-9-15(19)10-8-13/h2-11H,12H2,1H3,(H,20,25)/b21-11+. The predicted octanol–water partition coefficient (Wildman–Crippen LogP) is 2.75. The second-order valence-electron chi connectivity index (χ2n) is 5.28. The summed E-state index contributed by atoms with van der Waals surface area (Å²) in [4.78, 5) is 13.2. The Balaban J connectivity index is 1.85. The van der Waals surface area contributed by atoms with E-state index in [0.29, 0.717) is 5.02 Å². The van der Waals surface area contributed by atoms with E-state index in [1.54, 1.807) is 18.3 Å². The van der Waals surface area contributed by atoms with Gasteiger partial charge in [-0.2, -0.15) is 5.10 Å². The number of carbonyl (C=O) groups is 1. The third-order valence-corrected chi connectivity index (χ3v) is 3.71. The Hall–Kier alpha value is -3.19. The highest BCUT2D eigenvalue weighted by Gasteiger charge is 2.20. The molecule has 0 fully saturated rings. The van der Waals surface area contributed by atoms with Crippen molar-refractivity contribution in [2.45, 2.75) is 6.61 Å². The summed E-state index contributed by atoms with van der Waals surface area (Å²) in [5, 5.41) is 15.1. The van der Waals surface area contributed by atoms with Crippen LogP contribution in [-0.2, 0) is 6.61 Å². The first-order valence-electron chi connectivity index (χ1n) is 7.82. The van der Waals surface area contributed by atoms with Crippen LogP contribution < -0.4 is 10.1 Å². The van der Waals surface area contributed by atoms with Crippen molar-refractivity contribution in [2.75, 3.05) is 7.05 Å². The van der Waals surface area contributed by atoms with E-state index in [4.69, 9.17) is 16.3 Å². The Morgan fingerprint density at radius 1 is 1.23 bits per heavy atom. The minimum atomic E-state index is -0.402. The van der Waals surface area contributed by atoms with Gasteiger partial charge >= 0.3 is 0 Å². The highest BCUT2D eigenvalue weighted by Crippen LogP contribution is 2.18. The van der Waals surface area contributed by atoms with Crippen LogP contribution in [0, 0.1) is 0 Å². The van der Waals surface area contributed by atoms with Crippen molar-refractivity contribution in [1.82, 2.24) is 20.4 Å². The molecule has 0 saturated heterocycles. The molecule has 0 aliphatic carbocycles. The van der Waals surface area contributed by atoms with Crippen LogP contribution in [0.4, 0.5) is 0 Å². The lowest BCUT2D eigenvalue weighted by Gasteiger charge is -2.07. The van der Waals surface area contributed by atoms with E-state index < -0.39 is 5.91 Å². The first-order chi connectivity index (χ1) is 12.7. The van der Waals surface area contributed by atoms with Crippen LogP contribution in [0.2, 0.25) is 5.02 Å². The molecule has 0 saturated carbocycles. The SMILES string of the molecule is CNC(=O)c1nnn(/N=C/c2ccc(Cl)cc2)c1OCc1ccccc1. The minimum Gasteiger partial charge on any atom is -0.470 e. The van der Waals surface area contributed by atoms with Gasteiger partial charge in [-0.3, -0.25) is 4.79 Å². The lowest BCUT2D eigenvalue weighted by atomic mass is 10.2.